The summed E-state index contributed by atoms with van der Waals surface area (Å²) in [5.41, 5.74) is -0.726. The summed E-state index contributed by atoms with van der Waals surface area (Å²) in [6.07, 6.45) is -1.81. The van der Waals surface area contributed by atoms with Gasteiger partial charge in [0.05, 0.1) is 6.20 Å². The molecule has 29 heavy (non-hydrogen) atoms. The van der Waals surface area contributed by atoms with E-state index in [1.54, 1.807) is 13.2 Å². The number of hydrogen-bond donors (Lipinski definition) is 2. The summed E-state index contributed by atoms with van der Waals surface area (Å²) >= 11 is 0. The minimum atomic E-state index is -4.82. The van der Waals surface area contributed by atoms with Gasteiger partial charge in [0.15, 0.2) is 0 Å². The van der Waals surface area contributed by atoms with E-state index in [1.807, 2.05) is 0 Å². The third-order valence-electron chi connectivity index (χ3n) is 4.23. The maximum Gasteiger partial charge on any atom is 0.573 e. The number of alkyl halides is 3. The summed E-state index contributed by atoms with van der Waals surface area (Å²) in [6, 6.07) is 3.70. The first-order valence-electron chi connectivity index (χ1n) is 8.27. The summed E-state index contributed by atoms with van der Waals surface area (Å²) in [4.78, 5) is 37.9. The third kappa shape index (κ3) is 4.31. The number of carbonyl (C=O) groups excluding carboxylic acids is 3. The first-order chi connectivity index (χ1) is 13.5. The molecule has 0 radical (unpaired) electrons. The second-order valence-electron chi connectivity index (χ2n) is 6.47. The zero-order chi connectivity index (χ0) is 21.4. The molecule has 2 N–H and O–H groups in total. The topological polar surface area (TPSA) is 106 Å². The molecule has 1 aliphatic heterocycles. The Hall–Kier alpha value is -3.57. The highest BCUT2D eigenvalue weighted by Gasteiger charge is 2.50. The van der Waals surface area contributed by atoms with Crippen molar-refractivity contribution in [2.24, 2.45) is 7.05 Å². The van der Waals surface area contributed by atoms with Crippen molar-refractivity contribution in [1.29, 1.82) is 0 Å². The van der Waals surface area contributed by atoms with Crippen LogP contribution in [0.4, 0.5) is 23.7 Å². The number of aryl methyl sites for hydroxylation is 1. The van der Waals surface area contributed by atoms with Gasteiger partial charge >= 0.3 is 12.4 Å². The molecule has 3 rings (SSSR count). The van der Waals surface area contributed by atoms with Crippen LogP contribution >= 0.6 is 0 Å². The fourth-order valence-corrected chi connectivity index (χ4v) is 2.80. The van der Waals surface area contributed by atoms with Gasteiger partial charge in [-0.3, -0.25) is 19.2 Å². The molecule has 12 heteroatoms. The van der Waals surface area contributed by atoms with E-state index < -0.39 is 42.0 Å². The Morgan fingerprint density at radius 3 is 2.48 bits per heavy atom. The molecule has 0 aliphatic carbocycles. The number of anilines is 1. The molecule has 0 bridgehead atoms. The number of rotatable bonds is 5. The fourth-order valence-electron chi connectivity index (χ4n) is 2.80. The molecule has 1 atom stereocenters. The molecule has 1 saturated heterocycles. The van der Waals surface area contributed by atoms with Crippen molar-refractivity contribution < 1.29 is 32.3 Å². The standard InChI is InChI=1S/C17H16F3N5O4/c1-16(10-7-21-24(2)8-10)14(27)25(15(28)23-16)9-13(26)22-11-3-5-12(6-4-11)29-17(18,19)20/h3-8H,9H2,1-2H3,(H,22,26)(H,23,28)/t16-/m1/s1. The molecular formula is C17H16F3N5O4. The van der Waals surface area contributed by atoms with E-state index in [1.165, 1.54) is 29.9 Å². The zero-order valence-electron chi connectivity index (χ0n) is 15.3. The van der Waals surface area contributed by atoms with Crippen molar-refractivity contribution >= 4 is 23.5 Å². The zero-order valence-corrected chi connectivity index (χ0v) is 15.3. The van der Waals surface area contributed by atoms with Gasteiger partial charge in [-0.15, -0.1) is 13.2 Å². The molecule has 0 unspecified atom stereocenters. The van der Waals surface area contributed by atoms with Crippen LogP contribution in [0.2, 0.25) is 0 Å². The number of nitrogens with one attached hydrogen (secondary N) is 2. The smallest absolute Gasteiger partial charge is 0.406 e. The largest absolute Gasteiger partial charge is 0.573 e. The van der Waals surface area contributed by atoms with Crippen molar-refractivity contribution in [3.05, 3.63) is 42.2 Å². The fraction of sp³-hybridized carbons (Fsp3) is 0.294. The van der Waals surface area contributed by atoms with Crippen LogP contribution in [0.3, 0.4) is 0 Å². The number of benzene rings is 1. The lowest BCUT2D eigenvalue weighted by atomic mass is 9.95. The predicted molar refractivity (Wildman–Crippen MR) is 92.6 cm³/mol. The number of hydrogen-bond acceptors (Lipinski definition) is 5. The Labute approximate surface area is 162 Å². The molecule has 0 saturated carbocycles. The van der Waals surface area contributed by atoms with Crippen LogP contribution < -0.4 is 15.4 Å². The van der Waals surface area contributed by atoms with Gasteiger partial charge in [0.25, 0.3) is 5.91 Å². The van der Waals surface area contributed by atoms with Gasteiger partial charge in [-0.05, 0) is 31.2 Å². The Morgan fingerprint density at radius 1 is 1.28 bits per heavy atom. The Bertz CT molecular complexity index is 957. The Kier molecular flexibility index (Phi) is 4.95. The summed E-state index contributed by atoms with van der Waals surface area (Å²) < 4.78 is 41.7. The monoisotopic (exact) mass is 411 g/mol. The maximum atomic E-state index is 12.7. The van der Waals surface area contributed by atoms with E-state index in [4.69, 9.17) is 0 Å². The van der Waals surface area contributed by atoms with Gasteiger partial charge < -0.3 is 15.4 Å². The van der Waals surface area contributed by atoms with E-state index >= 15 is 0 Å². The van der Waals surface area contributed by atoms with E-state index in [-0.39, 0.29) is 5.69 Å². The van der Waals surface area contributed by atoms with E-state index in [0.717, 1.165) is 17.0 Å². The number of imide groups is 1. The molecule has 1 fully saturated rings. The molecule has 154 valence electrons. The number of halogens is 3. The summed E-state index contributed by atoms with van der Waals surface area (Å²) in [5.74, 6) is -1.77. The number of ether oxygens (including phenoxy) is 1. The van der Waals surface area contributed by atoms with Crippen LogP contribution in [-0.2, 0) is 22.2 Å². The summed E-state index contributed by atoms with van der Waals surface area (Å²) in [6.45, 7) is 0.933. The lowest BCUT2D eigenvalue weighted by Crippen LogP contribution is -2.42. The van der Waals surface area contributed by atoms with Crippen molar-refractivity contribution in [2.75, 3.05) is 11.9 Å². The highest BCUT2D eigenvalue weighted by molar-refractivity contribution is 6.10. The second-order valence-corrected chi connectivity index (χ2v) is 6.47. The number of amides is 4. The number of aromatic nitrogens is 2. The molecule has 1 aliphatic rings. The van der Waals surface area contributed by atoms with Gasteiger partial charge in [0, 0.05) is 24.5 Å². The second kappa shape index (κ2) is 7.11. The highest BCUT2D eigenvalue weighted by Crippen LogP contribution is 2.28. The normalized spacial score (nSPS) is 19.3. The lowest BCUT2D eigenvalue weighted by molar-refractivity contribution is -0.274. The van der Waals surface area contributed by atoms with Gasteiger partial charge in [0.2, 0.25) is 5.91 Å². The van der Waals surface area contributed by atoms with Crippen LogP contribution in [0.25, 0.3) is 0 Å². The van der Waals surface area contributed by atoms with Crippen LogP contribution in [0.5, 0.6) is 5.75 Å². The third-order valence-corrected chi connectivity index (χ3v) is 4.23. The van der Waals surface area contributed by atoms with Crippen LogP contribution in [-0.4, -0.2) is 45.4 Å². The molecule has 4 amide bonds. The number of urea groups is 1. The predicted octanol–water partition coefficient (Wildman–Crippen LogP) is 1.72. The minimum Gasteiger partial charge on any atom is -0.406 e. The molecular weight excluding hydrogens is 395 g/mol. The SMILES string of the molecule is Cn1cc([C@@]2(C)NC(=O)N(CC(=O)Nc3ccc(OC(F)(F)F)cc3)C2=O)cn1. The van der Waals surface area contributed by atoms with Crippen LogP contribution in [0.15, 0.2) is 36.7 Å². The van der Waals surface area contributed by atoms with Crippen LogP contribution in [0.1, 0.15) is 12.5 Å². The summed E-state index contributed by atoms with van der Waals surface area (Å²) in [7, 11) is 1.66. The molecule has 2 aromatic rings. The lowest BCUT2D eigenvalue weighted by Gasteiger charge is -2.20. The van der Waals surface area contributed by atoms with E-state index in [2.05, 4.69) is 20.5 Å². The molecule has 1 aromatic carbocycles. The van der Waals surface area contributed by atoms with Crippen molar-refractivity contribution in [1.82, 2.24) is 20.0 Å². The van der Waals surface area contributed by atoms with Gasteiger partial charge in [0.1, 0.15) is 17.8 Å². The highest BCUT2D eigenvalue weighted by atomic mass is 19.4. The van der Waals surface area contributed by atoms with Crippen molar-refractivity contribution in [3.63, 3.8) is 0 Å². The number of nitrogens with zero attached hydrogens (tertiary/aromatic N) is 3. The van der Waals surface area contributed by atoms with Crippen LogP contribution in [0, 0.1) is 0 Å². The molecule has 9 nitrogen and oxygen atoms in total. The van der Waals surface area contributed by atoms with Gasteiger partial charge in [-0.25, -0.2) is 4.79 Å². The average molecular weight is 411 g/mol. The Balaban J connectivity index is 1.65. The van der Waals surface area contributed by atoms with E-state index in [0.29, 0.717) is 5.56 Å². The first-order valence-corrected chi connectivity index (χ1v) is 8.27. The minimum absolute atomic E-state index is 0.173. The summed E-state index contributed by atoms with van der Waals surface area (Å²) in [5, 5.41) is 8.92. The van der Waals surface area contributed by atoms with Crippen molar-refractivity contribution in [2.45, 2.75) is 18.8 Å². The molecule has 0 spiro atoms. The van der Waals surface area contributed by atoms with Gasteiger partial charge in [-0.2, -0.15) is 5.10 Å². The average Bonchev–Trinajstić information content (AvgIpc) is 3.14. The number of carbonyl (C=O) groups is 3. The molecule has 2 heterocycles. The first kappa shape index (κ1) is 20.2. The van der Waals surface area contributed by atoms with Gasteiger partial charge in [-0.1, -0.05) is 0 Å². The maximum absolute atomic E-state index is 12.7. The Morgan fingerprint density at radius 2 is 1.93 bits per heavy atom. The molecule has 1 aromatic heterocycles. The quantitative estimate of drug-likeness (QED) is 0.729. The van der Waals surface area contributed by atoms with E-state index in [9.17, 15) is 27.6 Å². The van der Waals surface area contributed by atoms with Crippen molar-refractivity contribution in [3.8, 4) is 5.75 Å².